The van der Waals surface area contributed by atoms with Gasteiger partial charge in [-0.3, -0.25) is 0 Å². The second kappa shape index (κ2) is 5.32. The Morgan fingerprint density at radius 2 is 2.36 bits per heavy atom. The molecule has 1 aliphatic rings. The third-order valence-electron chi connectivity index (χ3n) is 2.33. The predicted octanol–water partition coefficient (Wildman–Crippen LogP) is 1.29. The third kappa shape index (κ3) is 3.27. The molecule has 2 atom stereocenters. The van der Waals surface area contributed by atoms with Crippen LogP contribution in [-0.2, 0) is 14.3 Å². The number of rotatable bonds is 5. The maximum Gasteiger partial charge on any atom is 0.333 e. The van der Waals surface area contributed by atoms with Crippen LogP contribution in [0.5, 0.6) is 0 Å². The van der Waals surface area contributed by atoms with Crippen LogP contribution in [0.3, 0.4) is 0 Å². The van der Waals surface area contributed by atoms with Crippen molar-refractivity contribution >= 4 is 5.97 Å². The second-order valence-corrected chi connectivity index (χ2v) is 3.97. The van der Waals surface area contributed by atoms with Gasteiger partial charge in [0.25, 0.3) is 0 Å². The van der Waals surface area contributed by atoms with Gasteiger partial charge in [0.1, 0.15) is 0 Å². The molecule has 0 aromatic heterocycles. The number of hydrogen-bond donors (Lipinski definition) is 1. The molecule has 0 amide bonds. The molecule has 1 saturated heterocycles. The first-order valence-corrected chi connectivity index (χ1v) is 5.07. The van der Waals surface area contributed by atoms with Crippen molar-refractivity contribution in [2.24, 2.45) is 5.92 Å². The summed E-state index contributed by atoms with van der Waals surface area (Å²) in [6.45, 7) is 4.85. The molecule has 1 N–H and O–H groups in total. The van der Waals surface area contributed by atoms with Crippen LogP contribution in [0.2, 0.25) is 0 Å². The molecular formula is C10H18O4. The van der Waals surface area contributed by atoms with Gasteiger partial charge in [-0.2, -0.15) is 0 Å². The first-order valence-electron chi connectivity index (χ1n) is 5.07. The molecule has 0 radical (unpaired) electrons. The molecule has 4 heteroatoms. The van der Waals surface area contributed by atoms with E-state index in [2.05, 4.69) is 0 Å². The number of carboxylic acid groups (broad SMARTS) is 1. The minimum Gasteiger partial charge on any atom is -0.479 e. The maximum absolute atomic E-state index is 10.8. The molecular weight excluding hydrogens is 184 g/mol. The van der Waals surface area contributed by atoms with Crippen molar-refractivity contribution in [1.29, 1.82) is 0 Å². The fourth-order valence-electron chi connectivity index (χ4n) is 1.54. The van der Waals surface area contributed by atoms with E-state index < -0.39 is 12.1 Å². The van der Waals surface area contributed by atoms with Crippen molar-refractivity contribution < 1.29 is 19.4 Å². The highest BCUT2D eigenvalue weighted by molar-refractivity contribution is 5.72. The zero-order valence-electron chi connectivity index (χ0n) is 8.73. The van der Waals surface area contributed by atoms with Crippen LogP contribution >= 0.6 is 0 Å². The van der Waals surface area contributed by atoms with Crippen LogP contribution in [0.1, 0.15) is 26.7 Å². The van der Waals surface area contributed by atoms with Crippen molar-refractivity contribution in [3.63, 3.8) is 0 Å². The highest BCUT2D eigenvalue weighted by Gasteiger charge is 2.24. The summed E-state index contributed by atoms with van der Waals surface area (Å²) in [6, 6.07) is 0. The van der Waals surface area contributed by atoms with Crippen molar-refractivity contribution in [1.82, 2.24) is 0 Å². The van der Waals surface area contributed by atoms with Crippen molar-refractivity contribution in [3.8, 4) is 0 Å². The molecule has 0 spiro atoms. The minimum absolute atomic E-state index is 0.00565. The zero-order chi connectivity index (χ0) is 10.6. The van der Waals surface area contributed by atoms with Crippen LogP contribution in [0.4, 0.5) is 0 Å². The normalized spacial score (nSPS) is 24.1. The number of carbonyl (C=O) groups is 1. The summed E-state index contributed by atoms with van der Waals surface area (Å²) in [7, 11) is 0. The lowest BCUT2D eigenvalue weighted by molar-refractivity contribution is -0.155. The van der Waals surface area contributed by atoms with Gasteiger partial charge in [-0.05, 0) is 18.8 Å². The zero-order valence-corrected chi connectivity index (χ0v) is 8.73. The lowest BCUT2D eigenvalue weighted by Crippen LogP contribution is -2.32. The van der Waals surface area contributed by atoms with E-state index in [0.717, 1.165) is 19.4 Å². The van der Waals surface area contributed by atoms with E-state index in [0.29, 0.717) is 6.61 Å². The average molecular weight is 202 g/mol. The highest BCUT2D eigenvalue weighted by atomic mass is 16.6. The molecule has 0 bridgehead atoms. The molecule has 0 unspecified atom stereocenters. The van der Waals surface area contributed by atoms with Gasteiger partial charge in [-0.15, -0.1) is 0 Å². The number of carboxylic acids is 1. The van der Waals surface area contributed by atoms with Crippen LogP contribution in [-0.4, -0.2) is 36.5 Å². The Morgan fingerprint density at radius 3 is 2.79 bits per heavy atom. The van der Waals surface area contributed by atoms with Gasteiger partial charge in [0.05, 0.1) is 12.7 Å². The Labute approximate surface area is 84.2 Å². The summed E-state index contributed by atoms with van der Waals surface area (Å²) < 4.78 is 10.7. The molecule has 82 valence electrons. The van der Waals surface area contributed by atoms with Gasteiger partial charge in [-0.1, -0.05) is 13.8 Å². The SMILES string of the molecule is CC(C)[C@H](OC[C@H]1CCCO1)C(=O)O. The molecule has 1 rings (SSSR count). The molecule has 1 fully saturated rings. The van der Waals surface area contributed by atoms with Crippen LogP contribution in [0.15, 0.2) is 0 Å². The van der Waals surface area contributed by atoms with Gasteiger partial charge in [0, 0.05) is 6.61 Å². The quantitative estimate of drug-likeness (QED) is 0.730. The molecule has 4 nitrogen and oxygen atoms in total. The van der Waals surface area contributed by atoms with Gasteiger partial charge >= 0.3 is 5.97 Å². The average Bonchev–Trinajstić information content (AvgIpc) is 2.55. The lowest BCUT2D eigenvalue weighted by atomic mass is 10.1. The van der Waals surface area contributed by atoms with Crippen LogP contribution in [0, 0.1) is 5.92 Å². The summed E-state index contributed by atoms with van der Waals surface area (Å²) in [5.41, 5.74) is 0. The first-order chi connectivity index (χ1) is 6.61. The Kier molecular flexibility index (Phi) is 4.35. The maximum atomic E-state index is 10.8. The minimum atomic E-state index is -0.891. The topological polar surface area (TPSA) is 55.8 Å². The standard InChI is InChI=1S/C10H18O4/c1-7(2)9(10(11)12)14-6-8-4-3-5-13-8/h7-9H,3-6H2,1-2H3,(H,11,12)/t8-,9+/m1/s1. The Hall–Kier alpha value is -0.610. The third-order valence-corrected chi connectivity index (χ3v) is 2.33. The Morgan fingerprint density at radius 1 is 1.64 bits per heavy atom. The van der Waals surface area contributed by atoms with Gasteiger partial charge in [0.15, 0.2) is 6.10 Å². The van der Waals surface area contributed by atoms with E-state index in [-0.39, 0.29) is 12.0 Å². The summed E-state index contributed by atoms with van der Waals surface area (Å²) in [5, 5.41) is 8.85. The molecule has 1 aliphatic heterocycles. The second-order valence-electron chi connectivity index (χ2n) is 3.97. The number of hydrogen-bond acceptors (Lipinski definition) is 3. The fourth-order valence-corrected chi connectivity index (χ4v) is 1.54. The first kappa shape index (κ1) is 11.5. The van der Waals surface area contributed by atoms with Gasteiger partial charge in [0.2, 0.25) is 0 Å². The van der Waals surface area contributed by atoms with Crippen LogP contribution in [0.25, 0.3) is 0 Å². The molecule has 0 saturated carbocycles. The van der Waals surface area contributed by atoms with E-state index in [1.807, 2.05) is 13.8 Å². The molecule has 0 aromatic carbocycles. The van der Waals surface area contributed by atoms with E-state index in [4.69, 9.17) is 14.6 Å². The van der Waals surface area contributed by atoms with E-state index in [1.54, 1.807) is 0 Å². The van der Waals surface area contributed by atoms with Crippen molar-refractivity contribution in [3.05, 3.63) is 0 Å². The summed E-state index contributed by atoms with van der Waals surface area (Å²) in [4.78, 5) is 10.8. The largest absolute Gasteiger partial charge is 0.479 e. The fraction of sp³-hybridized carbons (Fsp3) is 0.900. The smallest absolute Gasteiger partial charge is 0.333 e. The number of aliphatic carboxylic acids is 1. The van der Waals surface area contributed by atoms with E-state index >= 15 is 0 Å². The monoisotopic (exact) mass is 202 g/mol. The predicted molar refractivity (Wildman–Crippen MR) is 51.2 cm³/mol. The summed E-state index contributed by atoms with van der Waals surface area (Å²) >= 11 is 0. The lowest BCUT2D eigenvalue weighted by Gasteiger charge is -2.19. The summed E-state index contributed by atoms with van der Waals surface area (Å²) in [6.07, 6.45) is 1.41. The van der Waals surface area contributed by atoms with Gasteiger partial charge < -0.3 is 14.6 Å². The molecule has 14 heavy (non-hydrogen) atoms. The van der Waals surface area contributed by atoms with E-state index in [1.165, 1.54) is 0 Å². The number of ether oxygens (including phenoxy) is 2. The molecule has 0 aromatic rings. The molecule has 1 heterocycles. The van der Waals surface area contributed by atoms with Gasteiger partial charge in [-0.25, -0.2) is 4.79 Å². The summed E-state index contributed by atoms with van der Waals surface area (Å²) in [5.74, 6) is -0.896. The Bertz CT molecular complexity index is 185. The van der Waals surface area contributed by atoms with Crippen molar-refractivity contribution in [2.75, 3.05) is 13.2 Å². The van der Waals surface area contributed by atoms with Crippen LogP contribution < -0.4 is 0 Å². The van der Waals surface area contributed by atoms with Crippen molar-refractivity contribution in [2.45, 2.75) is 38.9 Å². The highest BCUT2D eigenvalue weighted by Crippen LogP contribution is 2.14. The Balaban J connectivity index is 2.28. The molecule has 0 aliphatic carbocycles. The van der Waals surface area contributed by atoms with E-state index in [9.17, 15) is 4.79 Å².